The Labute approximate surface area is 168 Å². The minimum atomic E-state index is -0.344. The number of aromatic amines is 1. The molecule has 148 valence electrons. The van der Waals surface area contributed by atoms with Gasteiger partial charge in [0, 0.05) is 36.6 Å². The molecule has 29 heavy (non-hydrogen) atoms. The molecule has 1 saturated heterocycles. The third-order valence-corrected chi connectivity index (χ3v) is 5.48. The van der Waals surface area contributed by atoms with Crippen LogP contribution in [0.3, 0.4) is 0 Å². The molecule has 0 aliphatic carbocycles. The lowest BCUT2D eigenvalue weighted by molar-refractivity contribution is 0.0663. The van der Waals surface area contributed by atoms with Crippen LogP contribution in [-0.4, -0.2) is 54.3 Å². The minimum Gasteiger partial charge on any atom is -0.422 e. The number of thiazole rings is 1. The molecule has 0 bridgehead atoms. The number of rotatable bonds is 5. The van der Waals surface area contributed by atoms with Gasteiger partial charge < -0.3 is 14.5 Å². The molecule has 0 spiro atoms. The van der Waals surface area contributed by atoms with Gasteiger partial charge >= 0.3 is 0 Å². The number of carbonyl (C=O) groups excluding carboxylic acids is 1. The Kier molecular flexibility index (Phi) is 4.62. The molecule has 11 nitrogen and oxygen atoms in total. The van der Waals surface area contributed by atoms with Crippen molar-refractivity contribution in [3.05, 3.63) is 36.1 Å². The fourth-order valence-electron chi connectivity index (χ4n) is 3.12. The zero-order valence-corrected chi connectivity index (χ0v) is 15.9. The third kappa shape index (κ3) is 3.54. The number of hydrogen-bond donors (Lipinski definition) is 2. The fraction of sp³-hybridized carbons (Fsp3) is 0.294. The van der Waals surface area contributed by atoms with Crippen molar-refractivity contribution in [1.82, 2.24) is 35.2 Å². The molecule has 12 heteroatoms. The summed E-state index contributed by atoms with van der Waals surface area (Å²) in [5, 5.41) is 24.2. The highest BCUT2D eigenvalue weighted by atomic mass is 32.1. The average Bonchev–Trinajstić information content (AvgIpc) is 3.55. The first-order chi connectivity index (χ1) is 14.3. The van der Waals surface area contributed by atoms with Crippen molar-refractivity contribution in [2.75, 3.05) is 18.5 Å². The molecule has 5 rings (SSSR count). The lowest BCUT2D eigenvalue weighted by Gasteiger charge is -2.22. The Bertz CT molecular complexity index is 1100. The van der Waals surface area contributed by atoms with Crippen molar-refractivity contribution in [1.29, 1.82) is 0 Å². The van der Waals surface area contributed by atoms with E-state index in [9.17, 15) is 4.79 Å². The molecule has 4 aromatic rings. The fourth-order valence-corrected chi connectivity index (χ4v) is 3.90. The zero-order valence-electron chi connectivity index (χ0n) is 15.1. The predicted octanol–water partition coefficient (Wildman–Crippen LogP) is 2.38. The molecule has 2 N–H and O–H groups in total. The molecular weight excluding hydrogens is 396 g/mol. The second-order valence-electron chi connectivity index (χ2n) is 6.44. The van der Waals surface area contributed by atoms with Gasteiger partial charge in [0.25, 0.3) is 11.8 Å². The number of nitrogens with one attached hydrogen (secondary N) is 2. The standard InChI is InChI=1S/C17H16N8O3S/c26-15(13-8-29-17(22-13)10-5-18-19-6-10)21-12-7-25(11-1-3-27-4-2-11)24-14(12)16-23-20-9-28-16/h5-9,11H,1-4H2,(H,18,19)(H,21,26). The van der Waals surface area contributed by atoms with Crippen LogP contribution in [0.1, 0.15) is 29.4 Å². The van der Waals surface area contributed by atoms with Gasteiger partial charge in [-0.1, -0.05) is 0 Å². The topological polar surface area (TPSA) is 137 Å². The van der Waals surface area contributed by atoms with Crippen LogP contribution >= 0.6 is 11.3 Å². The lowest BCUT2D eigenvalue weighted by atomic mass is 10.1. The summed E-state index contributed by atoms with van der Waals surface area (Å²) < 4.78 is 12.6. The van der Waals surface area contributed by atoms with Crippen LogP contribution in [0.25, 0.3) is 22.2 Å². The maximum absolute atomic E-state index is 12.8. The summed E-state index contributed by atoms with van der Waals surface area (Å²) >= 11 is 1.37. The molecule has 5 heterocycles. The van der Waals surface area contributed by atoms with Crippen LogP contribution in [0.5, 0.6) is 0 Å². The van der Waals surface area contributed by atoms with E-state index in [1.807, 2.05) is 4.68 Å². The van der Waals surface area contributed by atoms with Crippen molar-refractivity contribution in [3.8, 4) is 22.2 Å². The minimum absolute atomic E-state index is 0.183. The molecule has 0 saturated carbocycles. The first-order valence-electron chi connectivity index (χ1n) is 8.97. The third-order valence-electron chi connectivity index (χ3n) is 4.59. The number of H-pyrrole nitrogens is 1. The number of anilines is 1. The van der Waals surface area contributed by atoms with E-state index in [0.29, 0.717) is 35.3 Å². The smallest absolute Gasteiger partial charge is 0.275 e. The van der Waals surface area contributed by atoms with Gasteiger partial charge in [-0.3, -0.25) is 14.6 Å². The number of nitrogens with zero attached hydrogens (tertiary/aromatic N) is 6. The van der Waals surface area contributed by atoms with Crippen molar-refractivity contribution in [2.24, 2.45) is 0 Å². The number of ether oxygens (including phenoxy) is 1. The monoisotopic (exact) mass is 412 g/mol. The van der Waals surface area contributed by atoms with Crippen LogP contribution in [-0.2, 0) is 4.74 Å². The molecule has 0 aromatic carbocycles. The molecule has 0 atom stereocenters. The van der Waals surface area contributed by atoms with E-state index >= 15 is 0 Å². The van der Waals surface area contributed by atoms with Crippen molar-refractivity contribution < 1.29 is 13.9 Å². The van der Waals surface area contributed by atoms with Crippen LogP contribution < -0.4 is 5.32 Å². The van der Waals surface area contributed by atoms with Crippen LogP contribution in [0.2, 0.25) is 0 Å². The Hall–Kier alpha value is -3.38. The number of hydrogen-bond acceptors (Lipinski definition) is 9. The summed E-state index contributed by atoms with van der Waals surface area (Å²) in [6, 6.07) is 0.183. The van der Waals surface area contributed by atoms with E-state index in [1.165, 1.54) is 17.7 Å². The SMILES string of the molecule is O=C(Nc1cn(C2CCOCC2)nc1-c1nnco1)c1csc(-c2cn[nH]c2)n1. The van der Waals surface area contributed by atoms with E-state index in [2.05, 4.69) is 35.8 Å². The maximum Gasteiger partial charge on any atom is 0.275 e. The van der Waals surface area contributed by atoms with Gasteiger partial charge in [-0.2, -0.15) is 10.2 Å². The van der Waals surface area contributed by atoms with E-state index in [-0.39, 0.29) is 17.8 Å². The highest BCUT2D eigenvalue weighted by molar-refractivity contribution is 7.13. The van der Waals surface area contributed by atoms with Crippen LogP contribution in [0.15, 0.2) is 34.8 Å². The maximum atomic E-state index is 12.8. The van der Waals surface area contributed by atoms with E-state index in [1.54, 1.807) is 24.0 Å². The first kappa shape index (κ1) is 17.7. The van der Waals surface area contributed by atoms with Gasteiger partial charge in [0.15, 0.2) is 5.69 Å². The van der Waals surface area contributed by atoms with Crippen molar-refractivity contribution >= 4 is 22.9 Å². The largest absolute Gasteiger partial charge is 0.422 e. The molecule has 1 fully saturated rings. The summed E-state index contributed by atoms with van der Waals surface area (Å²) in [4.78, 5) is 17.2. The van der Waals surface area contributed by atoms with Crippen LogP contribution in [0.4, 0.5) is 5.69 Å². The Morgan fingerprint density at radius 3 is 3.00 bits per heavy atom. The summed E-state index contributed by atoms with van der Waals surface area (Å²) in [7, 11) is 0. The van der Waals surface area contributed by atoms with Gasteiger partial charge in [0.1, 0.15) is 10.7 Å². The second-order valence-corrected chi connectivity index (χ2v) is 7.30. The molecule has 0 unspecified atom stereocenters. The summed E-state index contributed by atoms with van der Waals surface area (Å²) in [5.74, 6) is -0.105. The molecule has 0 radical (unpaired) electrons. The molecular formula is C17H16N8O3S. The normalized spacial score (nSPS) is 14.9. The molecule has 4 aromatic heterocycles. The Morgan fingerprint density at radius 2 is 2.24 bits per heavy atom. The van der Waals surface area contributed by atoms with Gasteiger partial charge in [-0.05, 0) is 12.8 Å². The van der Waals surface area contributed by atoms with E-state index < -0.39 is 0 Å². The number of aromatic nitrogens is 7. The Morgan fingerprint density at radius 1 is 1.34 bits per heavy atom. The summed E-state index contributed by atoms with van der Waals surface area (Å²) in [6.45, 7) is 1.36. The summed E-state index contributed by atoms with van der Waals surface area (Å²) in [5.41, 5.74) is 2.05. The average molecular weight is 412 g/mol. The number of amides is 1. The highest BCUT2D eigenvalue weighted by Crippen LogP contribution is 2.30. The van der Waals surface area contributed by atoms with Crippen LogP contribution in [0, 0.1) is 0 Å². The predicted molar refractivity (Wildman–Crippen MR) is 102 cm³/mol. The van der Waals surface area contributed by atoms with E-state index in [4.69, 9.17) is 9.15 Å². The summed E-state index contributed by atoms with van der Waals surface area (Å²) in [6.07, 6.45) is 8.10. The van der Waals surface area contributed by atoms with Gasteiger partial charge in [0.2, 0.25) is 6.39 Å². The Balaban J connectivity index is 1.42. The van der Waals surface area contributed by atoms with Crippen molar-refractivity contribution in [2.45, 2.75) is 18.9 Å². The van der Waals surface area contributed by atoms with Crippen molar-refractivity contribution in [3.63, 3.8) is 0 Å². The number of carbonyl (C=O) groups is 1. The van der Waals surface area contributed by atoms with Gasteiger partial charge in [-0.15, -0.1) is 21.5 Å². The van der Waals surface area contributed by atoms with Gasteiger partial charge in [0.05, 0.1) is 17.9 Å². The lowest BCUT2D eigenvalue weighted by Crippen LogP contribution is -2.20. The molecule has 1 amide bonds. The zero-order chi connectivity index (χ0) is 19.6. The quantitative estimate of drug-likeness (QED) is 0.510. The second kappa shape index (κ2) is 7.56. The van der Waals surface area contributed by atoms with Gasteiger partial charge in [-0.25, -0.2) is 4.98 Å². The van der Waals surface area contributed by atoms with E-state index in [0.717, 1.165) is 18.4 Å². The molecule has 1 aliphatic rings. The first-order valence-corrected chi connectivity index (χ1v) is 9.85. The highest BCUT2D eigenvalue weighted by Gasteiger charge is 2.24. The molecule has 1 aliphatic heterocycles.